The number of carbonyl (C=O) groups is 4. The Morgan fingerprint density at radius 1 is 1.12 bits per heavy atom. The van der Waals surface area contributed by atoms with E-state index in [1.807, 2.05) is 0 Å². The Labute approximate surface area is 182 Å². The first kappa shape index (κ1) is 21.9. The predicted molar refractivity (Wildman–Crippen MR) is 108 cm³/mol. The molecule has 0 saturated heterocycles. The van der Waals surface area contributed by atoms with Crippen LogP contribution in [0, 0.1) is 5.92 Å². The number of aliphatic hydroxyl groups excluding tert-OH is 1. The quantitative estimate of drug-likeness (QED) is 0.290. The van der Waals surface area contributed by atoms with Gasteiger partial charge in [-0.15, -0.1) is 0 Å². The van der Waals surface area contributed by atoms with Crippen molar-refractivity contribution in [1.29, 1.82) is 0 Å². The highest BCUT2D eigenvalue weighted by atomic mass is 16.3. The average Bonchev–Trinajstić information content (AvgIpc) is 2.68. The van der Waals surface area contributed by atoms with Gasteiger partial charge in [0.2, 0.25) is 17.3 Å². The van der Waals surface area contributed by atoms with Crippen LogP contribution in [0.5, 0.6) is 5.75 Å². The molecule has 1 aromatic rings. The number of primary amides is 1. The van der Waals surface area contributed by atoms with Gasteiger partial charge in [0.15, 0.2) is 5.60 Å². The topological polar surface area (TPSA) is 178 Å². The number of phenols is 1. The van der Waals surface area contributed by atoms with Crippen LogP contribution in [0.1, 0.15) is 29.3 Å². The molecular weight excluding hydrogens is 420 g/mol. The number of aromatic hydroxyl groups is 1. The molecule has 32 heavy (non-hydrogen) atoms. The summed E-state index contributed by atoms with van der Waals surface area (Å²) in [5.41, 5.74) is -1.35. The van der Waals surface area contributed by atoms with E-state index in [2.05, 4.69) is 0 Å². The second-order valence-electron chi connectivity index (χ2n) is 8.72. The summed E-state index contributed by atoms with van der Waals surface area (Å²) >= 11 is 0. The molecule has 1 aromatic carbocycles. The van der Waals surface area contributed by atoms with Crippen molar-refractivity contribution in [1.82, 2.24) is 4.90 Å². The first-order valence-electron chi connectivity index (χ1n) is 9.82. The number of amides is 1. The third-order valence-corrected chi connectivity index (χ3v) is 6.74. The Kier molecular flexibility index (Phi) is 4.50. The molecule has 0 unspecified atom stereocenters. The number of Topliss-reactive ketones (excluding diaryl/α,β-unsaturated/α-hetero) is 3. The zero-order valence-electron chi connectivity index (χ0n) is 17.5. The van der Waals surface area contributed by atoms with Crippen LogP contribution in [-0.4, -0.2) is 74.3 Å². The molecule has 3 aliphatic carbocycles. The maximum Gasteiger partial charge on any atom is 0.255 e. The third-order valence-electron chi connectivity index (χ3n) is 6.74. The van der Waals surface area contributed by atoms with Crippen molar-refractivity contribution in [2.75, 3.05) is 14.1 Å². The maximum absolute atomic E-state index is 13.6. The zero-order valence-corrected chi connectivity index (χ0v) is 17.5. The Hall–Kier alpha value is -3.34. The maximum atomic E-state index is 13.6. The summed E-state index contributed by atoms with van der Waals surface area (Å²) in [4.78, 5) is 53.3. The van der Waals surface area contributed by atoms with Crippen molar-refractivity contribution in [3.63, 3.8) is 0 Å². The van der Waals surface area contributed by atoms with Crippen molar-refractivity contribution in [2.24, 2.45) is 11.7 Å². The highest BCUT2D eigenvalue weighted by Crippen LogP contribution is 2.53. The fourth-order valence-corrected chi connectivity index (χ4v) is 5.22. The molecule has 0 spiro atoms. The van der Waals surface area contributed by atoms with Gasteiger partial charge in [-0.25, -0.2) is 0 Å². The number of fused-ring (bicyclic) bond motifs is 2. The zero-order chi connectivity index (χ0) is 23.9. The fraction of sp³-hybridized carbons (Fsp3) is 0.364. The SMILES string of the molecule is CN(C)[C@@H]1C(O)=C(C(N)=O)C(=O)[C@@]2(O)C(=O)C3=C(C[C@@H]12)[C@](C)(O)c1cccc(O)c1C3=O. The number of ketones is 3. The van der Waals surface area contributed by atoms with Gasteiger partial charge in [0.05, 0.1) is 17.2 Å². The summed E-state index contributed by atoms with van der Waals surface area (Å²) < 4.78 is 0. The van der Waals surface area contributed by atoms with Crippen LogP contribution in [0.25, 0.3) is 0 Å². The highest BCUT2D eigenvalue weighted by Gasteiger charge is 2.65. The van der Waals surface area contributed by atoms with Crippen molar-refractivity contribution in [2.45, 2.75) is 30.6 Å². The minimum Gasteiger partial charge on any atom is -0.510 e. The standard InChI is InChI=1S/C22H22N2O8/c1-21(31)8-5-4-6-11(25)12(8)16(26)13-9(21)7-10-15(24(2)3)17(27)14(20(23)30)19(29)22(10,32)18(13)28/h4-6,10,15,25,27,31-32H,7H2,1-3H3,(H2,23,30)/t10-,15-,21+,22-/m0/s1. The Morgan fingerprint density at radius 2 is 1.75 bits per heavy atom. The lowest BCUT2D eigenvalue weighted by atomic mass is 9.57. The largest absolute Gasteiger partial charge is 0.510 e. The number of rotatable bonds is 2. The van der Waals surface area contributed by atoms with E-state index in [0.29, 0.717) is 0 Å². The molecule has 0 bridgehead atoms. The molecular formula is C22H22N2O8. The lowest BCUT2D eigenvalue weighted by Gasteiger charge is -2.50. The number of hydrogen-bond donors (Lipinski definition) is 5. The Morgan fingerprint density at radius 3 is 2.31 bits per heavy atom. The molecule has 4 atom stereocenters. The number of nitrogens with two attached hydrogens (primary N) is 1. The van der Waals surface area contributed by atoms with Crippen LogP contribution in [0.3, 0.4) is 0 Å². The van der Waals surface area contributed by atoms with Crippen LogP contribution in [0.15, 0.2) is 40.7 Å². The van der Waals surface area contributed by atoms with Gasteiger partial charge in [-0.1, -0.05) is 12.1 Å². The molecule has 168 valence electrons. The van der Waals surface area contributed by atoms with Gasteiger partial charge in [0.1, 0.15) is 22.7 Å². The summed E-state index contributed by atoms with van der Waals surface area (Å²) in [6.07, 6.45) is -0.323. The molecule has 10 nitrogen and oxygen atoms in total. The summed E-state index contributed by atoms with van der Waals surface area (Å²) in [6, 6.07) is 2.89. The van der Waals surface area contributed by atoms with Crippen molar-refractivity contribution >= 4 is 23.3 Å². The van der Waals surface area contributed by atoms with E-state index >= 15 is 0 Å². The normalized spacial score (nSPS) is 32.1. The smallest absolute Gasteiger partial charge is 0.255 e. The highest BCUT2D eigenvalue weighted by molar-refractivity contribution is 6.39. The Bertz CT molecular complexity index is 1190. The minimum atomic E-state index is -2.88. The number of carbonyl (C=O) groups excluding carboxylic acids is 4. The van der Waals surface area contributed by atoms with Gasteiger partial charge in [0.25, 0.3) is 5.91 Å². The lowest BCUT2D eigenvalue weighted by Crippen LogP contribution is -2.67. The monoisotopic (exact) mass is 442 g/mol. The molecule has 4 rings (SSSR count). The number of nitrogens with zero attached hydrogens (tertiary/aromatic N) is 1. The summed E-state index contributed by atoms with van der Waals surface area (Å²) in [7, 11) is 3.00. The van der Waals surface area contributed by atoms with Crippen LogP contribution in [0.4, 0.5) is 0 Å². The van der Waals surface area contributed by atoms with E-state index in [1.54, 1.807) is 0 Å². The summed E-state index contributed by atoms with van der Waals surface area (Å²) in [5, 5.41) is 43.7. The molecule has 0 saturated carbocycles. The summed E-state index contributed by atoms with van der Waals surface area (Å²) in [5.74, 6) is -7.49. The fourth-order valence-electron chi connectivity index (χ4n) is 5.22. The van der Waals surface area contributed by atoms with Gasteiger partial charge in [-0.2, -0.15) is 0 Å². The lowest BCUT2D eigenvalue weighted by molar-refractivity contribution is -0.159. The third kappa shape index (κ3) is 2.45. The molecule has 0 aliphatic heterocycles. The van der Waals surface area contributed by atoms with E-state index in [1.165, 1.54) is 44.1 Å². The first-order chi connectivity index (χ1) is 14.8. The molecule has 0 fully saturated rings. The van der Waals surface area contributed by atoms with Gasteiger partial charge >= 0.3 is 0 Å². The van der Waals surface area contributed by atoms with Crippen LogP contribution in [0.2, 0.25) is 0 Å². The van der Waals surface area contributed by atoms with E-state index in [9.17, 15) is 39.6 Å². The van der Waals surface area contributed by atoms with E-state index in [4.69, 9.17) is 5.73 Å². The average molecular weight is 442 g/mol. The molecule has 6 N–H and O–H groups in total. The first-order valence-corrected chi connectivity index (χ1v) is 9.82. The molecule has 1 amide bonds. The van der Waals surface area contributed by atoms with Gasteiger partial charge in [-0.05, 0) is 39.1 Å². The molecule has 3 aliphatic rings. The molecule has 0 radical (unpaired) electrons. The minimum absolute atomic E-state index is 0.0461. The number of likely N-dealkylation sites (N-methyl/N-ethyl adjacent to an activating group) is 1. The van der Waals surface area contributed by atoms with Crippen molar-refractivity contribution in [3.05, 3.63) is 51.8 Å². The van der Waals surface area contributed by atoms with Crippen molar-refractivity contribution in [3.8, 4) is 5.75 Å². The molecule has 10 heteroatoms. The predicted octanol–water partition coefficient (Wildman–Crippen LogP) is -0.777. The second kappa shape index (κ2) is 6.58. The van der Waals surface area contributed by atoms with Crippen molar-refractivity contribution < 1.29 is 39.6 Å². The number of aliphatic hydroxyl groups is 3. The second-order valence-corrected chi connectivity index (χ2v) is 8.72. The van der Waals surface area contributed by atoms with E-state index in [0.717, 1.165) is 0 Å². The van der Waals surface area contributed by atoms with Crippen LogP contribution < -0.4 is 5.73 Å². The van der Waals surface area contributed by atoms with Crippen LogP contribution >= 0.6 is 0 Å². The number of phenolic OH excluding ortho intramolecular Hbond substituents is 1. The molecule has 0 aromatic heterocycles. The van der Waals surface area contributed by atoms with E-state index < -0.39 is 69.1 Å². The van der Waals surface area contributed by atoms with E-state index in [-0.39, 0.29) is 23.1 Å². The van der Waals surface area contributed by atoms with Gasteiger partial charge < -0.3 is 26.2 Å². The number of benzene rings is 1. The molecule has 0 heterocycles. The van der Waals surface area contributed by atoms with Gasteiger partial charge in [-0.3, -0.25) is 24.1 Å². The summed E-state index contributed by atoms with van der Waals surface area (Å²) in [6.45, 7) is 1.34. The van der Waals surface area contributed by atoms with Gasteiger partial charge in [0, 0.05) is 11.5 Å². The van der Waals surface area contributed by atoms with Crippen LogP contribution in [-0.2, 0) is 20.0 Å². The Balaban J connectivity index is 2.02. The number of hydrogen-bond acceptors (Lipinski definition) is 9.